The van der Waals surface area contributed by atoms with Crippen LogP contribution in [0, 0.1) is 5.82 Å². The molecule has 1 heterocycles. The molecule has 0 saturated heterocycles. The van der Waals surface area contributed by atoms with Crippen LogP contribution in [0.1, 0.15) is 31.4 Å². The molecule has 0 saturated carbocycles. The lowest BCUT2D eigenvalue weighted by molar-refractivity contribution is 0.463. The summed E-state index contributed by atoms with van der Waals surface area (Å²) in [5.41, 5.74) is 0.754. The number of halogens is 1. The molecule has 1 unspecified atom stereocenters. The topological polar surface area (TPSA) is 29.9 Å². The molecule has 19 heavy (non-hydrogen) atoms. The highest BCUT2D eigenvalue weighted by atomic mass is 19.1. The van der Waals surface area contributed by atoms with E-state index in [4.69, 9.17) is 0 Å². The lowest BCUT2D eigenvalue weighted by atomic mass is 10.0. The van der Waals surface area contributed by atoms with Crippen LogP contribution >= 0.6 is 0 Å². The minimum absolute atomic E-state index is 0.0822. The van der Waals surface area contributed by atoms with Gasteiger partial charge in [-0.3, -0.25) is 4.68 Å². The van der Waals surface area contributed by atoms with Crippen molar-refractivity contribution in [2.45, 2.75) is 32.4 Å². The summed E-state index contributed by atoms with van der Waals surface area (Å²) in [5, 5.41) is 7.56. The van der Waals surface area contributed by atoms with Gasteiger partial charge < -0.3 is 5.32 Å². The summed E-state index contributed by atoms with van der Waals surface area (Å²) in [7, 11) is 0. The Balaban J connectivity index is 1.81. The zero-order chi connectivity index (χ0) is 13.5. The molecule has 0 amide bonds. The predicted octanol–water partition coefficient (Wildman–Crippen LogP) is 3.15. The Morgan fingerprint density at radius 2 is 2.16 bits per heavy atom. The van der Waals surface area contributed by atoms with Crippen LogP contribution in [-0.2, 0) is 6.54 Å². The summed E-state index contributed by atoms with van der Waals surface area (Å²) in [6.45, 7) is 3.80. The van der Waals surface area contributed by atoms with Crippen molar-refractivity contribution in [1.29, 1.82) is 0 Å². The molecule has 2 rings (SSSR count). The quantitative estimate of drug-likeness (QED) is 0.776. The van der Waals surface area contributed by atoms with Crippen LogP contribution in [0.4, 0.5) is 4.39 Å². The van der Waals surface area contributed by atoms with Crippen molar-refractivity contribution in [3.63, 3.8) is 0 Å². The number of aromatic nitrogens is 2. The van der Waals surface area contributed by atoms with Gasteiger partial charge in [-0.1, -0.05) is 25.1 Å². The van der Waals surface area contributed by atoms with E-state index in [-0.39, 0.29) is 11.9 Å². The molecule has 1 N–H and O–H groups in total. The van der Waals surface area contributed by atoms with E-state index in [0.717, 1.165) is 31.5 Å². The SMILES string of the molecule is CCC(NCCCn1cccn1)c1ccccc1F. The average Bonchev–Trinajstić information content (AvgIpc) is 2.93. The van der Waals surface area contributed by atoms with E-state index in [1.807, 2.05) is 29.1 Å². The van der Waals surface area contributed by atoms with Crippen molar-refractivity contribution in [2.75, 3.05) is 6.54 Å². The van der Waals surface area contributed by atoms with Gasteiger partial charge in [-0.05, 0) is 31.5 Å². The highest BCUT2D eigenvalue weighted by molar-refractivity contribution is 5.20. The Morgan fingerprint density at radius 1 is 1.32 bits per heavy atom. The second kappa shape index (κ2) is 7.04. The fourth-order valence-electron chi connectivity index (χ4n) is 2.18. The second-order valence-corrected chi connectivity index (χ2v) is 4.56. The van der Waals surface area contributed by atoms with Gasteiger partial charge in [-0.2, -0.15) is 5.10 Å². The van der Waals surface area contributed by atoms with Gasteiger partial charge in [0.2, 0.25) is 0 Å². The Bertz CT molecular complexity index is 482. The molecule has 1 aromatic heterocycles. The zero-order valence-corrected chi connectivity index (χ0v) is 11.2. The number of benzene rings is 1. The normalized spacial score (nSPS) is 12.5. The number of hydrogen-bond acceptors (Lipinski definition) is 2. The lowest BCUT2D eigenvalue weighted by Crippen LogP contribution is -2.23. The third kappa shape index (κ3) is 3.89. The summed E-state index contributed by atoms with van der Waals surface area (Å²) in [5.74, 6) is -0.131. The third-order valence-electron chi connectivity index (χ3n) is 3.20. The number of aryl methyl sites for hydroxylation is 1. The van der Waals surface area contributed by atoms with E-state index in [0.29, 0.717) is 0 Å². The molecule has 0 fully saturated rings. The fraction of sp³-hybridized carbons (Fsp3) is 0.400. The Hall–Kier alpha value is -1.68. The highest BCUT2D eigenvalue weighted by Gasteiger charge is 2.12. The van der Waals surface area contributed by atoms with Crippen LogP contribution in [0.15, 0.2) is 42.7 Å². The van der Waals surface area contributed by atoms with Gasteiger partial charge in [0.1, 0.15) is 5.82 Å². The molecule has 0 bridgehead atoms. The van der Waals surface area contributed by atoms with Crippen molar-refractivity contribution in [3.8, 4) is 0 Å². The third-order valence-corrected chi connectivity index (χ3v) is 3.20. The molecule has 1 atom stereocenters. The maximum absolute atomic E-state index is 13.7. The summed E-state index contributed by atoms with van der Waals surface area (Å²) < 4.78 is 15.6. The number of hydrogen-bond donors (Lipinski definition) is 1. The first-order valence-corrected chi connectivity index (χ1v) is 6.76. The Morgan fingerprint density at radius 3 is 2.84 bits per heavy atom. The van der Waals surface area contributed by atoms with Gasteiger partial charge in [0.15, 0.2) is 0 Å². The first-order valence-electron chi connectivity index (χ1n) is 6.76. The van der Waals surface area contributed by atoms with Crippen LogP contribution in [0.3, 0.4) is 0 Å². The average molecular weight is 261 g/mol. The van der Waals surface area contributed by atoms with Gasteiger partial charge >= 0.3 is 0 Å². The van der Waals surface area contributed by atoms with Crippen molar-refractivity contribution >= 4 is 0 Å². The number of nitrogens with zero attached hydrogens (tertiary/aromatic N) is 2. The van der Waals surface area contributed by atoms with Gasteiger partial charge in [0.25, 0.3) is 0 Å². The lowest BCUT2D eigenvalue weighted by Gasteiger charge is -2.18. The van der Waals surface area contributed by atoms with Crippen LogP contribution < -0.4 is 5.32 Å². The van der Waals surface area contributed by atoms with Crippen LogP contribution in [-0.4, -0.2) is 16.3 Å². The fourth-order valence-corrected chi connectivity index (χ4v) is 2.18. The van der Waals surface area contributed by atoms with E-state index < -0.39 is 0 Å². The maximum Gasteiger partial charge on any atom is 0.127 e. The molecular formula is C15H20FN3. The molecule has 0 aliphatic rings. The van der Waals surface area contributed by atoms with E-state index >= 15 is 0 Å². The Labute approximate surface area is 113 Å². The molecule has 0 spiro atoms. The first-order chi connectivity index (χ1) is 9.31. The standard InChI is InChI=1S/C15H20FN3/c1-2-15(13-7-3-4-8-14(13)16)17-9-5-11-19-12-6-10-18-19/h3-4,6-8,10,12,15,17H,2,5,9,11H2,1H3. The molecule has 0 aliphatic carbocycles. The van der Waals surface area contributed by atoms with Crippen molar-refractivity contribution in [1.82, 2.24) is 15.1 Å². The largest absolute Gasteiger partial charge is 0.310 e. The smallest absolute Gasteiger partial charge is 0.127 e. The van der Waals surface area contributed by atoms with Gasteiger partial charge in [0, 0.05) is 30.5 Å². The molecular weight excluding hydrogens is 241 g/mol. The van der Waals surface area contributed by atoms with E-state index in [1.165, 1.54) is 6.07 Å². The van der Waals surface area contributed by atoms with E-state index in [2.05, 4.69) is 17.3 Å². The highest BCUT2D eigenvalue weighted by Crippen LogP contribution is 2.19. The molecule has 2 aromatic rings. The monoisotopic (exact) mass is 261 g/mol. The summed E-state index contributed by atoms with van der Waals surface area (Å²) in [6.07, 6.45) is 5.59. The minimum atomic E-state index is -0.131. The van der Waals surface area contributed by atoms with E-state index in [9.17, 15) is 4.39 Å². The number of rotatable bonds is 7. The van der Waals surface area contributed by atoms with Gasteiger partial charge in [-0.15, -0.1) is 0 Å². The zero-order valence-electron chi connectivity index (χ0n) is 11.2. The molecule has 1 aromatic carbocycles. The molecule has 102 valence electrons. The molecule has 0 radical (unpaired) electrons. The summed E-state index contributed by atoms with van der Waals surface area (Å²) >= 11 is 0. The summed E-state index contributed by atoms with van der Waals surface area (Å²) in [4.78, 5) is 0. The van der Waals surface area contributed by atoms with Gasteiger partial charge in [-0.25, -0.2) is 4.39 Å². The first kappa shape index (κ1) is 13.7. The van der Waals surface area contributed by atoms with Crippen LogP contribution in [0.5, 0.6) is 0 Å². The molecule has 0 aliphatic heterocycles. The minimum Gasteiger partial charge on any atom is -0.310 e. The van der Waals surface area contributed by atoms with Crippen molar-refractivity contribution in [3.05, 3.63) is 54.1 Å². The van der Waals surface area contributed by atoms with Gasteiger partial charge in [0.05, 0.1) is 0 Å². The second-order valence-electron chi connectivity index (χ2n) is 4.56. The Kier molecular flexibility index (Phi) is 5.10. The maximum atomic E-state index is 13.7. The predicted molar refractivity (Wildman–Crippen MR) is 74.3 cm³/mol. The van der Waals surface area contributed by atoms with Crippen molar-refractivity contribution in [2.24, 2.45) is 0 Å². The van der Waals surface area contributed by atoms with Crippen LogP contribution in [0.2, 0.25) is 0 Å². The van der Waals surface area contributed by atoms with Crippen molar-refractivity contribution < 1.29 is 4.39 Å². The summed E-state index contributed by atoms with van der Waals surface area (Å²) in [6, 6.07) is 8.98. The molecule has 4 heteroatoms. The molecule has 3 nitrogen and oxygen atoms in total. The number of nitrogens with one attached hydrogen (secondary N) is 1. The van der Waals surface area contributed by atoms with Crippen LogP contribution in [0.25, 0.3) is 0 Å². The van der Waals surface area contributed by atoms with E-state index in [1.54, 1.807) is 12.3 Å².